The average Bonchev–Trinajstić information content (AvgIpc) is 2.32. The number of benzene rings is 1. The molecule has 1 heterocycles. The first-order valence-electron chi connectivity index (χ1n) is 5.87. The lowest BCUT2D eigenvalue weighted by Gasteiger charge is -2.32. The highest BCUT2D eigenvalue weighted by Crippen LogP contribution is 2.15. The van der Waals surface area contributed by atoms with E-state index in [9.17, 15) is 9.18 Å². The van der Waals surface area contributed by atoms with Crippen molar-refractivity contribution in [1.82, 2.24) is 10.2 Å². The summed E-state index contributed by atoms with van der Waals surface area (Å²) in [4.78, 5) is 13.9. The molecule has 18 heavy (non-hydrogen) atoms. The van der Waals surface area contributed by atoms with Gasteiger partial charge in [-0.1, -0.05) is 12.1 Å². The zero-order chi connectivity index (χ0) is 12.4. The number of rotatable bonds is 1. The van der Waals surface area contributed by atoms with E-state index in [-0.39, 0.29) is 29.9 Å². The SMILES string of the molecule is Cc1cccc(C(=O)N2CCN[C@@H](C)C2)c1F.Cl. The number of aryl methyl sites for hydroxylation is 1. The molecule has 1 aromatic rings. The van der Waals surface area contributed by atoms with E-state index in [4.69, 9.17) is 0 Å². The second-order valence-corrected chi connectivity index (χ2v) is 4.54. The Morgan fingerprint density at radius 3 is 2.89 bits per heavy atom. The van der Waals surface area contributed by atoms with Crippen molar-refractivity contribution in [2.75, 3.05) is 19.6 Å². The minimum Gasteiger partial charge on any atom is -0.336 e. The fraction of sp³-hybridized carbons (Fsp3) is 0.462. The van der Waals surface area contributed by atoms with E-state index in [2.05, 4.69) is 5.32 Å². The van der Waals surface area contributed by atoms with Gasteiger partial charge in [0.05, 0.1) is 5.56 Å². The van der Waals surface area contributed by atoms with Crippen LogP contribution in [0.15, 0.2) is 18.2 Å². The molecule has 0 radical (unpaired) electrons. The van der Waals surface area contributed by atoms with Crippen LogP contribution in [-0.2, 0) is 0 Å². The van der Waals surface area contributed by atoms with Crippen LogP contribution in [0.3, 0.4) is 0 Å². The maximum absolute atomic E-state index is 13.8. The zero-order valence-corrected chi connectivity index (χ0v) is 11.4. The van der Waals surface area contributed by atoms with Crippen LogP contribution in [0.4, 0.5) is 4.39 Å². The lowest BCUT2D eigenvalue weighted by Crippen LogP contribution is -2.51. The van der Waals surface area contributed by atoms with Gasteiger partial charge in [0.1, 0.15) is 5.82 Å². The first-order chi connectivity index (χ1) is 8.09. The summed E-state index contributed by atoms with van der Waals surface area (Å²) in [5.41, 5.74) is 0.693. The van der Waals surface area contributed by atoms with Gasteiger partial charge in [-0.25, -0.2) is 4.39 Å². The Bertz CT molecular complexity index is 439. The van der Waals surface area contributed by atoms with Crippen LogP contribution in [0.2, 0.25) is 0 Å². The summed E-state index contributed by atoms with van der Waals surface area (Å²) >= 11 is 0. The fourth-order valence-corrected chi connectivity index (χ4v) is 2.10. The molecule has 1 aliphatic heterocycles. The van der Waals surface area contributed by atoms with E-state index in [1.807, 2.05) is 6.92 Å². The second kappa shape index (κ2) is 6.16. The summed E-state index contributed by atoms with van der Waals surface area (Å²) < 4.78 is 13.8. The molecule has 1 fully saturated rings. The molecule has 100 valence electrons. The number of piperazine rings is 1. The first-order valence-corrected chi connectivity index (χ1v) is 5.87. The summed E-state index contributed by atoms with van der Waals surface area (Å²) in [6.45, 7) is 5.72. The van der Waals surface area contributed by atoms with Gasteiger partial charge in [-0.15, -0.1) is 12.4 Å². The molecule has 0 saturated carbocycles. The molecule has 3 nitrogen and oxygen atoms in total. The van der Waals surface area contributed by atoms with Crippen LogP contribution >= 0.6 is 12.4 Å². The van der Waals surface area contributed by atoms with Gasteiger partial charge in [0.2, 0.25) is 0 Å². The summed E-state index contributed by atoms with van der Waals surface area (Å²) in [5.74, 6) is -0.608. The fourth-order valence-electron chi connectivity index (χ4n) is 2.10. The van der Waals surface area contributed by atoms with Crippen molar-refractivity contribution in [3.05, 3.63) is 35.1 Å². The Labute approximate surface area is 113 Å². The molecule has 1 N–H and O–H groups in total. The van der Waals surface area contributed by atoms with Gasteiger partial charge in [0.15, 0.2) is 0 Å². The van der Waals surface area contributed by atoms with Gasteiger partial charge in [-0.3, -0.25) is 4.79 Å². The Balaban J connectivity index is 0.00000162. The largest absolute Gasteiger partial charge is 0.336 e. The number of hydrogen-bond donors (Lipinski definition) is 1. The van der Waals surface area contributed by atoms with Crippen molar-refractivity contribution < 1.29 is 9.18 Å². The summed E-state index contributed by atoms with van der Waals surface area (Å²) in [7, 11) is 0. The number of nitrogens with one attached hydrogen (secondary N) is 1. The van der Waals surface area contributed by atoms with Crippen LogP contribution < -0.4 is 5.32 Å². The molecule has 0 aliphatic carbocycles. The first kappa shape index (κ1) is 14.9. The third-order valence-electron chi connectivity index (χ3n) is 3.08. The van der Waals surface area contributed by atoms with Crippen LogP contribution in [-0.4, -0.2) is 36.5 Å². The molecular weight excluding hydrogens is 255 g/mol. The maximum atomic E-state index is 13.8. The van der Waals surface area contributed by atoms with Crippen LogP contribution in [0.5, 0.6) is 0 Å². The molecule has 5 heteroatoms. The van der Waals surface area contributed by atoms with E-state index in [0.717, 1.165) is 6.54 Å². The van der Waals surface area contributed by atoms with Crippen molar-refractivity contribution in [2.45, 2.75) is 19.9 Å². The second-order valence-electron chi connectivity index (χ2n) is 4.54. The predicted octanol–water partition coefficient (Wildman–Crippen LogP) is 1.99. The monoisotopic (exact) mass is 272 g/mol. The molecule has 0 bridgehead atoms. The van der Waals surface area contributed by atoms with E-state index in [1.165, 1.54) is 0 Å². The van der Waals surface area contributed by atoms with Crippen molar-refractivity contribution >= 4 is 18.3 Å². The zero-order valence-electron chi connectivity index (χ0n) is 10.6. The molecule has 1 aromatic carbocycles. The van der Waals surface area contributed by atoms with Gasteiger partial charge in [0, 0.05) is 25.7 Å². The van der Waals surface area contributed by atoms with E-state index < -0.39 is 5.82 Å². The minimum atomic E-state index is -0.399. The number of amides is 1. The van der Waals surface area contributed by atoms with Gasteiger partial charge in [0.25, 0.3) is 5.91 Å². The van der Waals surface area contributed by atoms with Gasteiger partial charge in [-0.2, -0.15) is 0 Å². The van der Waals surface area contributed by atoms with Crippen molar-refractivity contribution in [2.24, 2.45) is 0 Å². The molecule has 1 amide bonds. The molecule has 1 aliphatic rings. The molecule has 1 atom stereocenters. The summed E-state index contributed by atoms with van der Waals surface area (Å²) in [5, 5.41) is 3.26. The normalized spacial score (nSPS) is 19.3. The van der Waals surface area contributed by atoms with Gasteiger partial charge >= 0.3 is 0 Å². The number of nitrogens with zero attached hydrogens (tertiary/aromatic N) is 1. The smallest absolute Gasteiger partial charge is 0.256 e. The predicted molar refractivity (Wildman–Crippen MR) is 71.8 cm³/mol. The maximum Gasteiger partial charge on any atom is 0.256 e. The van der Waals surface area contributed by atoms with Crippen molar-refractivity contribution in [3.8, 4) is 0 Å². The molecule has 2 rings (SSSR count). The topological polar surface area (TPSA) is 32.3 Å². The Morgan fingerprint density at radius 1 is 1.50 bits per heavy atom. The average molecular weight is 273 g/mol. The van der Waals surface area contributed by atoms with E-state index in [1.54, 1.807) is 30.0 Å². The summed E-state index contributed by atoms with van der Waals surface area (Å²) in [6, 6.07) is 5.21. The third kappa shape index (κ3) is 3.00. The van der Waals surface area contributed by atoms with Crippen LogP contribution in [0.1, 0.15) is 22.8 Å². The number of carbonyl (C=O) groups excluding carboxylic acids is 1. The Morgan fingerprint density at radius 2 is 2.22 bits per heavy atom. The lowest BCUT2D eigenvalue weighted by molar-refractivity contribution is 0.0704. The van der Waals surface area contributed by atoms with E-state index >= 15 is 0 Å². The third-order valence-corrected chi connectivity index (χ3v) is 3.08. The lowest BCUT2D eigenvalue weighted by atomic mass is 10.1. The standard InChI is InChI=1S/C13H17FN2O.ClH/c1-9-4-3-5-11(12(9)14)13(17)16-7-6-15-10(2)8-16;/h3-5,10,15H,6-8H2,1-2H3;1H/t10-;/m0./s1. The number of carbonyl (C=O) groups is 1. The Kier molecular flexibility index (Phi) is 5.11. The minimum absolute atomic E-state index is 0. The number of halogens is 2. The van der Waals surface area contributed by atoms with Crippen LogP contribution in [0, 0.1) is 12.7 Å². The van der Waals surface area contributed by atoms with Crippen molar-refractivity contribution in [3.63, 3.8) is 0 Å². The van der Waals surface area contributed by atoms with Crippen molar-refractivity contribution in [1.29, 1.82) is 0 Å². The van der Waals surface area contributed by atoms with Gasteiger partial charge < -0.3 is 10.2 Å². The van der Waals surface area contributed by atoms with Gasteiger partial charge in [-0.05, 0) is 25.5 Å². The highest BCUT2D eigenvalue weighted by molar-refractivity contribution is 5.94. The molecule has 0 spiro atoms. The highest BCUT2D eigenvalue weighted by atomic mass is 35.5. The highest BCUT2D eigenvalue weighted by Gasteiger charge is 2.23. The molecule has 0 aromatic heterocycles. The van der Waals surface area contributed by atoms with E-state index in [0.29, 0.717) is 18.7 Å². The number of hydrogen-bond acceptors (Lipinski definition) is 2. The molecular formula is C13H18ClFN2O. The summed E-state index contributed by atoms with van der Waals surface area (Å²) in [6.07, 6.45) is 0. The molecule has 1 saturated heterocycles. The van der Waals surface area contributed by atoms with Crippen LogP contribution in [0.25, 0.3) is 0 Å². The Hall–Kier alpha value is -1.13. The molecule has 0 unspecified atom stereocenters. The quantitative estimate of drug-likeness (QED) is 0.848.